The van der Waals surface area contributed by atoms with Crippen LogP contribution >= 0.6 is 0 Å². The topological polar surface area (TPSA) is 265 Å². The zero-order valence-corrected chi connectivity index (χ0v) is 33.0. The highest BCUT2D eigenvalue weighted by molar-refractivity contribution is 5.92. The van der Waals surface area contributed by atoms with Crippen molar-refractivity contribution in [3.8, 4) is 0 Å². The molecule has 304 valence electrons. The van der Waals surface area contributed by atoms with Gasteiger partial charge in [-0.1, -0.05) is 90.9 Å². The molecule has 0 saturated heterocycles. The minimum absolute atomic E-state index is 0.0664. The van der Waals surface area contributed by atoms with E-state index in [0.29, 0.717) is 19.3 Å². The maximum atomic E-state index is 13.5. The van der Waals surface area contributed by atoms with E-state index in [9.17, 15) is 14.4 Å². The summed E-state index contributed by atoms with van der Waals surface area (Å²) in [5.74, 6) is -1.86. The van der Waals surface area contributed by atoms with E-state index in [1.807, 2.05) is 0 Å². The molecule has 15 heteroatoms. The Morgan fingerprint density at radius 3 is 1.64 bits per heavy atom. The lowest BCUT2D eigenvalue weighted by Crippen LogP contribution is -2.55. The lowest BCUT2D eigenvalue weighted by atomic mass is 10.1. The molecular weight excluding hydrogens is 672 g/mol. The quantitative estimate of drug-likeness (QED) is 0.0229. The predicted octanol–water partition coefficient (Wildman–Crippen LogP) is 2.49. The number of hydrogen-bond donors (Lipinski definition) is 8. The van der Waals surface area contributed by atoms with Crippen molar-refractivity contribution in [2.24, 2.45) is 44.4 Å². The largest absolute Gasteiger partial charge is 0.370 e. The van der Waals surface area contributed by atoms with Gasteiger partial charge in [-0.05, 0) is 51.4 Å². The summed E-state index contributed by atoms with van der Waals surface area (Å²) in [4.78, 5) is 47.0. The lowest BCUT2D eigenvalue weighted by molar-refractivity contribution is -0.697. The van der Waals surface area contributed by atoms with Crippen LogP contribution in [-0.4, -0.2) is 65.4 Å². The molecule has 1 rings (SSSR count). The Hall–Kier alpha value is -3.88. The third kappa shape index (κ3) is 23.4. The first-order valence-electron chi connectivity index (χ1n) is 20.3. The molecule has 0 spiro atoms. The van der Waals surface area contributed by atoms with Gasteiger partial charge in [0.15, 0.2) is 11.9 Å². The first-order chi connectivity index (χ1) is 25.5. The number of carbonyl (C=O) groups excluding carboxylic acids is 3. The minimum atomic E-state index is -0.988. The summed E-state index contributed by atoms with van der Waals surface area (Å²) < 4.78 is 4.45. The van der Waals surface area contributed by atoms with Gasteiger partial charge in [0.2, 0.25) is 24.0 Å². The summed E-state index contributed by atoms with van der Waals surface area (Å²) in [6, 6.07) is -2.87. The van der Waals surface area contributed by atoms with Crippen molar-refractivity contribution in [2.75, 3.05) is 13.1 Å². The van der Waals surface area contributed by atoms with E-state index in [1.54, 1.807) is 0 Å². The van der Waals surface area contributed by atoms with Crippen molar-refractivity contribution in [2.45, 2.75) is 180 Å². The number of guanidine groups is 2. The van der Waals surface area contributed by atoms with Crippen LogP contribution in [0.1, 0.15) is 148 Å². The number of imidazole rings is 1. The van der Waals surface area contributed by atoms with Gasteiger partial charge in [0.25, 0.3) is 0 Å². The van der Waals surface area contributed by atoms with Crippen LogP contribution in [0.2, 0.25) is 0 Å². The highest BCUT2D eigenvalue weighted by Crippen LogP contribution is 2.12. The van der Waals surface area contributed by atoms with Crippen molar-refractivity contribution >= 4 is 29.6 Å². The molecule has 3 atom stereocenters. The Balaban J connectivity index is 2.97. The Kier molecular flexibility index (Phi) is 26.3. The van der Waals surface area contributed by atoms with Crippen molar-refractivity contribution in [3.05, 3.63) is 18.2 Å². The lowest BCUT2D eigenvalue weighted by Gasteiger charge is -2.23. The molecule has 0 radical (unpaired) electrons. The Labute approximate surface area is 318 Å². The highest BCUT2D eigenvalue weighted by Gasteiger charge is 2.28. The maximum absolute atomic E-state index is 13.5. The number of unbranched alkanes of at least 4 members (excludes halogenated alkanes) is 14. The van der Waals surface area contributed by atoms with Crippen LogP contribution in [0.25, 0.3) is 0 Å². The van der Waals surface area contributed by atoms with Gasteiger partial charge in [0, 0.05) is 19.5 Å². The van der Waals surface area contributed by atoms with Gasteiger partial charge in [0.1, 0.15) is 24.0 Å². The third-order valence-corrected chi connectivity index (χ3v) is 9.44. The minimum Gasteiger partial charge on any atom is -0.370 e. The van der Waals surface area contributed by atoms with E-state index in [1.165, 1.54) is 83.5 Å². The summed E-state index contributed by atoms with van der Waals surface area (Å²) in [5.41, 5.74) is 34.8. The van der Waals surface area contributed by atoms with E-state index >= 15 is 0 Å². The van der Waals surface area contributed by atoms with Crippen LogP contribution in [-0.2, 0) is 33.9 Å². The van der Waals surface area contributed by atoms with Crippen LogP contribution in [0, 0.1) is 0 Å². The SMILES string of the molecule is CCCCCCCCCCn1c[n+](CCCCCCCCCC)cc1C[C@H](N)C(=O)N[C@@H](CCCN=C(N)N)C(=O)N[C@@H](CCCN=C(N)N)C(N)=O. The summed E-state index contributed by atoms with van der Waals surface area (Å²) in [5, 5.41) is 5.49. The molecule has 1 aromatic rings. The zero-order chi connectivity index (χ0) is 39.3. The van der Waals surface area contributed by atoms with Crippen LogP contribution < -0.4 is 49.6 Å². The summed E-state index contributed by atoms with van der Waals surface area (Å²) in [6.07, 6.45) is 25.7. The molecule has 0 aliphatic heterocycles. The number of aryl methyl sites for hydroxylation is 2. The number of rotatable bonds is 33. The number of amides is 3. The molecular formula is C38H75N12O3+. The maximum Gasteiger partial charge on any atom is 0.243 e. The molecule has 0 aliphatic rings. The van der Waals surface area contributed by atoms with Crippen LogP contribution in [0.3, 0.4) is 0 Å². The highest BCUT2D eigenvalue weighted by atomic mass is 16.2. The molecule has 1 heterocycles. The molecule has 53 heavy (non-hydrogen) atoms. The number of hydrogen-bond acceptors (Lipinski definition) is 6. The summed E-state index contributed by atoms with van der Waals surface area (Å²) in [6.45, 7) is 6.79. The summed E-state index contributed by atoms with van der Waals surface area (Å²) >= 11 is 0. The molecule has 0 bridgehead atoms. The number of aliphatic imine (C=N–C) groups is 2. The number of nitrogens with two attached hydrogens (primary N) is 6. The third-order valence-electron chi connectivity index (χ3n) is 9.44. The van der Waals surface area contributed by atoms with Gasteiger partial charge in [-0.15, -0.1) is 0 Å². The van der Waals surface area contributed by atoms with E-state index in [4.69, 9.17) is 34.4 Å². The second-order valence-corrected chi connectivity index (χ2v) is 14.3. The van der Waals surface area contributed by atoms with Gasteiger partial charge < -0.3 is 45.0 Å². The van der Waals surface area contributed by atoms with Crippen LogP contribution in [0.4, 0.5) is 0 Å². The van der Waals surface area contributed by atoms with E-state index < -0.39 is 35.8 Å². The molecule has 0 saturated carbocycles. The van der Waals surface area contributed by atoms with Gasteiger partial charge >= 0.3 is 0 Å². The van der Waals surface area contributed by atoms with Gasteiger partial charge in [-0.3, -0.25) is 24.4 Å². The van der Waals surface area contributed by atoms with E-state index in [2.05, 4.69) is 56.1 Å². The average molecular weight is 748 g/mol. The van der Waals surface area contributed by atoms with Crippen LogP contribution in [0.15, 0.2) is 22.5 Å². The number of nitrogens with one attached hydrogen (secondary N) is 2. The molecule has 15 nitrogen and oxygen atoms in total. The molecule has 14 N–H and O–H groups in total. The Bertz CT molecular complexity index is 1210. The molecule has 0 aromatic carbocycles. The molecule has 0 fully saturated rings. The number of carbonyl (C=O) groups is 3. The van der Waals surface area contributed by atoms with Gasteiger partial charge in [-0.25, -0.2) is 9.13 Å². The van der Waals surface area contributed by atoms with E-state index in [-0.39, 0.29) is 37.9 Å². The normalized spacial score (nSPS) is 12.8. The number of nitrogens with zero attached hydrogens (tertiary/aromatic N) is 4. The Morgan fingerprint density at radius 2 is 1.13 bits per heavy atom. The smallest absolute Gasteiger partial charge is 0.243 e. The monoisotopic (exact) mass is 748 g/mol. The second-order valence-electron chi connectivity index (χ2n) is 14.3. The number of aromatic nitrogens is 2. The molecule has 0 unspecified atom stereocenters. The van der Waals surface area contributed by atoms with E-state index in [0.717, 1.165) is 38.0 Å². The van der Waals surface area contributed by atoms with Crippen molar-refractivity contribution in [1.29, 1.82) is 0 Å². The fraction of sp³-hybridized carbons (Fsp3) is 0.789. The molecule has 1 aromatic heterocycles. The van der Waals surface area contributed by atoms with Crippen molar-refractivity contribution < 1.29 is 19.0 Å². The Morgan fingerprint density at radius 1 is 0.660 bits per heavy atom. The molecule has 0 aliphatic carbocycles. The average Bonchev–Trinajstić information content (AvgIpc) is 3.49. The standard InChI is InChI=1S/C38H74N12O3/c1-3-5-7-9-11-13-15-17-25-49-28-30(50(29-49)26-18-16-14-12-10-8-6-4-2)27-31(39)35(52)48-33(22-20-24-46-38(43)44)36(53)47-32(34(40)51)21-19-23-45-37(41)42/h28-29,31-33H,3-27,39H2,1-2H3,(H11-,40,41,42,43,44,45,46,47,48,51,52,53)/p+1/t31-,32-,33-/m0/s1. The van der Waals surface area contributed by atoms with Crippen molar-refractivity contribution in [3.63, 3.8) is 0 Å². The second kappa shape index (κ2) is 29.6. The predicted molar refractivity (Wildman–Crippen MR) is 214 cm³/mol. The van der Waals surface area contributed by atoms with Crippen LogP contribution in [0.5, 0.6) is 0 Å². The first-order valence-corrected chi connectivity index (χ1v) is 20.3. The zero-order valence-electron chi connectivity index (χ0n) is 33.0. The number of primary amides is 1. The fourth-order valence-corrected chi connectivity index (χ4v) is 6.32. The van der Waals surface area contributed by atoms with Crippen molar-refractivity contribution in [1.82, 2.24) is 15.2 Å². The fourth-order valence-electron chi connectivity index (χ4n) is 6.32. The molecule has 3 amide bonds. The first kappa shape index (κ1) is 47.1. The summed E-state index contributed by atoms with van der Waals surface area (Å²) in [7, 11) is 0. The van der Waals surface area contributed by atoms with Gasteiger partial charge in [0.05, 0.1) is 19.1 Å². The van der Waals surface area contributed by atoms with Gasteiger partial charge in [-0.2, -0.15) is 0 Å².